The van der Waals surface area contributed by atoms with Gasteiger partial charge in [-0.3, -0.25) is 10.1 Å². The molecule has 2 rings (SSSR count). The maximum absolute atomic E-state index is 12.3. The van der Waals surface area contributed by atoms with Crippen molar-refractivity contribution in [3.63, 3.8) is 0 Å². The molecule has 0 heterocycles. The summed E-state index contributed by atoms with van der Waals surface area (Å²) < 4.78 is 5.57. The number of aryl methyl sites for hydroxylation is 1. The van der Waals surface area contributed by atoms with Gasteiger partial charge >= 0.3 is 0 Å². The summed E-state index contributed by atoms with van der Waals surface area (Å²) in [7, 11) is 0. The minimum atomic E-state index is -0.353. The van der Waals surface area contributed by atoms with E-state index in [1.165, 1.54) is 0 Å². The zero-order valence-corrected chi connectivity index (χ0v) is 14.6. The van der Waals surface area contributed by atoms with E-state index in [-0.39, 0.29) is 22.9 Å². The molecule has 3 N–H and O–H groups in total. The Bertz CT molecular complexity index is 760. The number of amides is 1. The molecule has 0 fully saturated rings. The molecule has 0 aromatic heterocycles. The Morgan fingerprint density at radius 2 is 1.96 bits per heavy atom. The number of nitrogens with one attached hydrogen (secondary N) is 2. The third-order valence-electron chi connectivity index (χ3n) is 3.10. The maximum atomic E-state index is 12.3. The van der Waals surface area contributed by atoms with Gasteiger partial charge in [0.05, 0.1) is 11.8 Å². The molecule has 0 aliphatic carbocycles. The molecule has 0 bridgehead atoms. The van der Waals surface area contributed by atoms with E-state index in [1.54, 1.807) is 42.5 Å². The van der Waals surface area contributed by atoms with E-state index in [1.807, 2.05) is 20.8 Å². The Hall–Kier alpha value is -2.60. The van der Waals surface area contributed by atoms with Gasteiger partial charge in [-0.2, -0.15) is 0 Å². The normalized spacial score (nSPS) is 10.3. The average Bonchev–Trinajstić information content (AvgIpc) is 2.50. The minimum absolute atomic E-state index is 0.0235. The second-order valence-electron chi connectivity index (χ2n) is 5.62. The molecule has 0 spiro atoms. The first-order valence-electron chi connectivity index (χ1n) is 7.54. The van der Waals surface area contributed by atoms with Crippen molar-refractivity contribution in [1.82, 2.24) is 5.32 Å². The highest BCUT2D eigenvalue weighted by atomic mass is 32.1. The van der Waals surface area contributed by atoms with Gasteiger partial charge in [0.2, 0.25) is 0 Å². The Morgan fingerprint density at radius 3 is 2.67 bits per heavy atom. The van der Waals surface area contributed by atoms with E-state index < -0.39 is 0 Å². The first-order chi connectivity index (χ1) is 11.3. The Kier molecular flexibility index (Phi) is 5.76. The zero-order valence-electron chi connectivity index (χ0n) is 13.8. The van der Waals surface area contributed by atoms with E-state index in [0.717, 1.165) is 5.56 Å². The topological polar surface area (TPSA) is 70.6 Å². The summed E-state index contributed by atoms with van der Waals surface area (Å²) in [6.45, 7) is 5.73. The van der Waals surface area contributed by atoms with Crippen LogP contribution in [0.15, 0.2) is 42.5 Å². The number of carbonyl (C=O) groups excluding carboxylic acids is 1. The van der Waals surface area contributed by atoms with Crippen molar-refractivity contribution in [3.05, 3.63) is 53.6 Å². The molecular weight excluding hydrogens is 324 g/mol. The molecule has 0 unspecified atom stereocenters. The molecule has 0 saturated carbocycles. The van der Waals surface area contributed by atoms with Crippen LogP contribution in [0.2, 0.25) is 0 Å². The summed E-state index contributed by atoms with van der Waals surface area (Å²) in [6, 6.07) is 12.0. The number of anilines is 1. The number of ether oxygens (including phenoxy) is 1. The quantitative estimate of drug-likeness (QED) is 0.584. The number of rotatable bonds is 4. The number of benzene rings is 2. The second kappa shape index (κ2) is 7.79. The SMILES string of the molecule is Cc1ccc(O)c(NC(=S)NC(=O)c2cccc(OC(C)C)c2)c1. The van der Waals surface area contributed by atoms with Crippen molar-refractivity contribution in [2.75, 3.05) is 5.32 Å². The molecule has 0 atom stereocenters. The van der Waals surface area contributed by atoms with Crippen molar-refractivity contribution in [2.24, 2.45) is 0 Å². The number of hydrogen-bond acceptors (Lipinski definition) is 4. The van der Waals surface area contributed by atoms with Gasteiger partial charge in [0.15, 0.2) is 5.11 Å². The monoisotopic (exact) mass is 344 g/mol. The summed E-state index contributed by atoms with van der Waals surface area (Å²) in [5.41, 5.74) is 1.84. The molecule has 2 aromatic rings. The van der Waals surface area contributed by atoms with E-state index in [4.69, 9.17) is 17.0 Å². The van der Waals surface area contributed by atoms with Crippen LogP contribution in [0.25, 0.3) is 0 Å². The fraction of sp³-hybridized carbons (Fsp3) is 0.222. The van der Waals surface area contributed by atoms with E-state index in [9.17, 15) is 9.90 Å². The van der Waals surface area contributed by atoms with Gasteiger partial charge in [0.25, 0.3) is 5.91 Å². The molecule has 2 aromatic carbocycles. The number of carbonyl (C=O) groups is 1. The number of phenols is 1. The second-order valence-corrected chi connectivity index (χ2v) is 6.03. The van der Waals surface area contributed by atoms with Gasteiger partial charge in [0.1, 0.15) is 11.5 Å². The Balaban J connectivity index is 2.03. The first kappa shape index (κ1) is 17.7. The lowest BCUT2D eigenvalue weighted by molar-refractivity contribution is 0.0977. The lowest BCUT2D eigenvalue weighted by atomic mass is 10.2. The summed E-state index contributed by atoms with van der Waals surface area (Å²) in [6.07, 6.45) is 0.0235. The molecule has 24 heavy (non-hydrogen) atoms. The maximum Gasteiger partial charge on any atom is 0.257 e. The van der Waals surface area contributed by atoms with Crippen molar-refractivity contribution < 1.29 is 14.6 Å². The predicted octanol–water partition coefficient (Wildman–Crippen LogP) is 3.61. The summed E-state index contributed by atoms with van der Waals surface area (Å²) in [5.74, 6) is 0.325. The molecule has 5 nitrogen and oxygen atoms in total. The van der Waals surface area contributed by atoms with E-state index >= 15 is 0 Å². The molecular formula is C18H20N2O3S. The zero-order chi connectivity index (χ0) is 17.7. The summed E-state index contributed by atoms with van der Waals surface area (Å²) in [4.78, 5) is 12.3. The van der Waals surface area contributed by atoms with Gasteiger partial charge in [-0.05, 0) is 68.9 Å². The van der Waals surface area contributed by atoms with Crippen LogP contribution in [0.5, 0.6) is 11.5 Å². The summed E-state index contributed by atoms with van der Waals surface area (Å²) in [5, 5.41) is 15.3. The van der Waals surface area contributed by atoms with Crippen molar-refractivity contribution in [2.45, 2.75) is 26.9 Å². The van der Waals surface area contributed by atoms with Crippen molar-refractivity contribution in [1.29, 1.82) is 0 Å². The third-order valence-corrected chi connectivity index (χ3v) is 3.30. The van der Waals surface area contributed by atoms with Crippen LogP contribution in [0.1, 0.15) is 29.8 Å². The van der Waals surface area contributed by atoms with Crippen LogP contribution in [0.3, 0.4) is 0 Å². The highest BCUT2D eigenvalue weighted by molar-refractivity contribution is 7.80. The standard InChI is InChI=1S/C18H20N2O3S/c1-11(2)23-14-6-4-5-13(10-14)17(22)20-18(24)19-15-9-12(3)7-8-16(15)21/h4-11,21H,1-3H3,(H2,19,20,22,24). The first-order valence-corrected chi connectivity index (χ1v) is 7.94. The van der Waals surface area contributed by atoms with Crippen molar-refractivity contribution in [3.8, 4) is 11.5 Å². The van der Waals surface area contributed by atoms with Gasteiger partial charge in [-0.15, -0.1) is 0 Å². The smallest absolute Gasteiger partial charge is 0.257 e. The van der Waals surface area contributed by atoms with Crippen molar-refractivity contribution >= 4 is 28.9 Å². The molecule has 0 radical (unpaired) electrons. The molecule has 0 aliphatic rings. The lowest BCUT2D eigenvalue weighted by Gasteiger charge is -2.13. The van der Waals surface area contributed by atoms with Crippen LogP contribution in [0.4, 0.5) is 5.69 Å². The van der Waals surface area contributed by atoms with Gasteiger partial charge in [-0.25, -0.2) is 0 Å². The number of phenolic OH excluding ortho intramolecular Hbond substituents is 1. The highest BCUT2D eigenvalue weighted by Crippen LogP contribution is 2.23. The van der Waals surface area contributed by atoms with E-state index in [2.05, 4.69) is 10.6 Å². The average molecular weight is 344 g/mol. The molecule has 6 heteroatoms. The molecule has 1 amide bonds. The molecule has 126 valence electrons. The lowest BCUT2D eigenvalue weighted by Crippen LogP contribution is -2.34. The Morgan fingerprint density at radius 1 is 1.21 bits per heavy atom. The third kappa shape index (κ3) is 4.96. The number of hydrogen-bond donors (Lipinski definition) is 3. The largest absolute Gasteiger partial charge is 0.506 e. The summed E-state index contributed by atoms with van der Waals surface area (Å²) >= 11 is 5.13. The fourth-order valence-corrected chi connectivity index (χ4v) is 2.26. The fourth-order valence-electron chi connectivity index (χ4n) is 2.06. The highest BCUT2D eigenvalue weighted by Gasteiger charge is 2.11. The van der Waals surface area contributed by atoms with Crippen LogP contribution in [-0.4, -0.2) is 22.2 Å². The molecule has 0 aliphatic heterocycles. The van der Waals surface area contributed by atoms with Gasteiger partial charge < -0.3 is 15.2 Å². The van der Waals surface area contributed by atoms with Gasteiger partial charge in [0, 0.05) is 5.56 Å². The Labute approximate surface area is 146 Å². The van der Waals surface area contributed by atoms with Crippen LogP contribution in [-0.2, 0) is 0 Å². The predicted molar refractivity (Wildman–Crippen MR) is 98.7 cm³/mol. The number of thiocarbonyl (C=S) groups is 1. The van der Waals surface area contributed by atoms with Crippen LogP contribution in [0, 0.1) is 6.92 Å². The minimum Gasteiger partial charge on any atom is -0.506 e. The molecule has 0 saturated heterocycles. The van der Waals surface area contributed by atoms with Crippen LogP contribution < -0.4 is 15.4 Å². The van der Waals surface area contributed by atoms with E-state index in [0.29, 0.717) is 17.0 Å². The number of aromatic hydroxyl groups is 1. The van der Waals surface area contributed by atoms with Gasteiger partial charge in [-0.1, -0.05) is 12.1 Å². The van der Waals surface area contributed by atoms with Crippen LogP contribution >= 0.6 is 12.2 Å².